The zero-order valence-corrected chi connectivity index (χ0v) is 9.59. The molecule has 1 fully saturated rings. The molecule has 0 radical (unpaired) electrons. The molecule has 0 spiro atoms. The number of carbonyl (C=O) groups is 1. The number of rotatable bonds is 3. The van der Waals surface area contributed by atoms with E-state index in [1.54, 1.807) is 18.6 Å². The quantitative estimate of drug-likeness (QED) is 0.753. The minimum absolute atomic E-state index is 0.379. The molecule has 0 bridgehead atoms. The van der Waals surface area contributed by atoms with Crippen LogP contribution in [-0.2, 0) is 11.3 Å². The van der Waals surface area contributed by atoms with Crippen LogP contribution in [0, 0.1) is 5.92 Å². The summed E-state index contributed by atoms with van der Waals surface area (Å²) < 4.78 is 6.70. The predicted molar refractivity (Wildman–Crippen MR) is 61.6 cm³/mol. The Kier molecular flexibility index (Phi) is 2.31. The van der Waals surface area contributed by atoms with Gasteiger partial charge in [0.05, 0.1) is 19.0 Å². The third-order valence-corrected chi connectivity index (χ3v) is 3.03. The molecule has 0 N–H and O–H groups in total. The fourth-order valence-electron chi connectivity index (χ4n) is 1.89. The second-order valence-electron chi connectivity index (χ2n) is 4.40. The maximum Gasteiger partial charge on any atom is 0.339 e. The average molecular weight is 231 g/mol. The lowest BCUT2D eigenvalue weighted by Gasteiger charge is -2.02. The van der Waals surface area contributed by atoms with Gasteiger partial charge in [0.2, 0.25) is 0 Å². The van der Waals surface area contributed by atoms with E-state index < -0.39 is 0 Å². The fraction of sp³-hybridized carbons (Fsp3) is 0.417. The highest BCUT2D eigenvalue weighted by Gasteiger charge is 2.22. The Morgan fingerprint density at radius 2 is 2.35 bits per heavy atom. The van der Waals surface area contributed by atoms with Gasteiger partial charge in [-0.2, -0.15) is 0 Å². The Bertz CT molecular complexity index is 572. The van der Waals surface area contributed by atoms with Crippen molar-refractivity contribution in [1.82, 2.24) is 14.5 Å². The number of methoxy groups -OCH3 is 1. The molecule has 2 aromatic heterocycles. The lowest BCUT2D eigenvalue weighted by Crippen LogP contribution is -2.03. The molecule has 3 rings (SSSR count). The highest BCUT2D eigenvalue weighted by atomic mass is 16.5. The van der Waals surface area contributed by atoms with Crippen molar-refractivity contribution in [2.75, 3.05) is 7.11 Å². The van der Waals surface area contributed by atoms with Gasteiger partial charge in [-0.3, -0.25) is 0 Å². The van der Waals surface area contributed by atoms with Crippen LogP contribution in [0.3, 0.4) is 0 Å². The molecule has 0 atom stereocenters. The minimum atomic E-state index is -0.379. The third-order valence-electron chi connectivity index (χ3n) is 3.03. The second kappa shape index (κ2) is 3.84. The summed E-state index contributed by atoms with van der Waals surface area (Å²) in [6.07, 6.45) is 5.91. The lowest BCUT2D eigenvalue weighted by molar-refractivity contribution is 0.0600. The topological polar surface area (TPSA) is 57.0 Å². The number of carbonyl (C=O) groups excluding carboxylic acids is 1. The summed E-state index contributed by atoms with van der Waals surface area (Å²) in [5.74, 6) is 0.394. The number of nitrogens with zero attached hydrogens (tertiary/aromatic N) is 3. The number of hydrogen-bond donors (Lipinski definition) is 0. The number of esters is 1. The van der Waals surface area contributed by atoms with Crippen LogP contribution >= 0.6 is 0 Å². The molecule has 1 saturated carbocycles. The summed E-state index contributed by atoms with van der Waals surface area (Å²) in [5, 5.41) is 0. The molecular weight excluding hydrogens is 218 g/mol. The SMILES string of the molecule is COC(=O)c1cnc2c(c1)ncn2CC1CC1. The molecule has 5 nitrogen and oxygen atoms in total. The van der Waals surface area contributed by atoms with Crippen LogP contribution in [0.15, 0.2) is 18.6 Å². The molecule has 88 valence electrons. The smallest absolute Gasteiger partial charge is 0.339 e. The maximum absolute atomic E-state index is 11.4. The van der Waals surface area contributed by atoms with E-state index in [-0.39, 0.29) is 5.97 Å². The molecule has 0 aromatic carbocycles. The number of fused-ring (bicyclic) bond motifs is 1. The largest absolute Gasteiger partial charge is 0.465 e. The van der Waals surface area contributed by atoms with Crippen molar-refractivity contribution in [1.29, 1.82) is 0 Å². The first-order chi connectivity index (χ1) is 8.28. The summed E-state index contributed by atoms with van der Waals surface area (Å²) in [4.78, 5) is 19.9. The zero-order chi connectivity index (χ0) is 11.8. The van der Waals surface area contributed by atoms with Crippen LogP contribution in [0.5, 0.6) is 0 Å². The van der Waals surface area contributed by atoms with Crippen molar-refractivity contribution < 1.29 is 9.53 Å². The van der Waals surface area contributed by atoms with E-state index in [1.807, 2.05) is 4.57 Å². The normalized spacial score (nSPS) is 15.1. The third kappa shape index (κ3) is 1.88. The van der Waals surface area contributed by atoms with Crippen LogP contribution in [0.25, 0.3) is 11.2 Å². The summed E-state index contributed by atoms with van der Waals surface area (Å²) in [6, 6.07) is 1.72. The van der Waals surface area contributed by atoms with Gasteiger partial charge >= 0.3 is 5.97 Å². The van der Waals surface area contributed by atoms with Gasteiger partial charge in [0.1, 0.15) is 5.52 Å². The van der Waals surface area contributed by atoms with Crippen LogP contribution in [0.1, 0.15) is 23.2 Å². The molecule has 1 aliphatic carbocycles. The van der Waals surface area contributed by atoms with Crippen molar-refractivity contribution in [2.24, 2.45) is 5.92 Å². The Balaban J connectivity index is 1.97. The number of ether oxygens (including phenoxy) is 1. The van der Waals surface area contributed by atoms with Crippen LogP contribution in [0.4, 0.5) is 0 Å². The average Bonchev–Trinajstić information content (AvgIpc) is 3.09. The number of pyridine rings is 1. The molecular formula is C12H13N3O2. The molecule has 5 heteroatoms. The van der Waals surface area contributed by atoms with E-state index in [0.717, 1.165) is 23.6 Å². The molecule has 17 heavy (non-hydrogen) atoms. The van der Waals surface area contributed by atoms with Gasteiger partial charge in [-0.05, 0) is 24.8 Å². The standard InChI is InChI=1S/C12H13N3O2/c1-17-12(16)9-4-10-11(13-5-9)15(7-14-10)6-8-2-3-8/h4-5,7-8H,2-3,6H2,1H3. The van der Waals surface area contributed by atoms with E-state index in [0.29, 0.717) is 5.56 Å². The molecule has 0 saturated heterocycles. The highest BCUT2D eigenvalue weighted by Crippen LogP contribution is 2.31. The van der Waals surface area contributed by atoms with Crippen molar-refractivity contribution in [3.05, 3.63) is 24.2 Å². The second-order valence-corrected chi connectivity index (χ2v) is 4.40. The van der Waals surface area contributed by atoms with Crippen LogP contribution in [0.2, 0.25) is 0 Å². The first kappa shape index (κ1) is 10.3. The molecule has 1 aliphatic rings. The van der Waals surface area contributed by atoms with Crippen LogP contribution in [-0.4, -0.2) is 27.6 Å². The monoisotopic (exact) mass is 231 g/mol. The van der Waals surface area contributed by atoms with Crippen LogP contribution < -0.4 is 0 Å². The first-order valence-electron chi connectivity index (χ1n) is 5.67. The van der Waals surface area contributed by atoms with E-state index in [9.17, 15) is 4.79 Å². The maximum atomic E-state index is 11.4. The van der Waals surface area contributed by atoms with E-state index in [1.165, 1.54) is 20.0 Å². The number of aromatic nitrogens is 3. The van der Waals surface area contributed by atoms with Gasteiger partial charge in [0, 0.05) is 12.7 Å². The molecule has 0 aliphatic heterocycles. The van der Waals surface area contributed by atoms with Crippen molar-refractivity contribution >= 4 is 17.1 Å². The Morgan fingerprint density at radius 1 is 1.53 bits per heavy atom. The van der Waals surface area contributed by atoms with Crippen molar-refractivity contribution in [2.45, 2.75) is 19.4 Å². The minimum Gasteiger partial charge on any atom is -0.465 e. The van der Waals surface area contributed by atoms with E-state index >= 15 is 0 Å². The van der Waals surface area contributed by atoms with Gasteiger partial charge in [-0.15, -0.1) is 0 Å². The van der Waals surface area contributed by atoms with Gasteiger partial charge in [0.25, 0.3) is 0 Å². The fourth-order valence-corrected chi connectivity index (χ4v) is 1.89. The summed E-state index contributed by atoms with van der Waals surface area (Å²) >= 11 is 0. The Morgan fingerprint density at radius 3 is 3.06 bits per heavy atom. The van der Waals surface area contributed by atoms with E-state index in [4.69, 9.17) is 0 Å². The summed E-state index contributed by atoms with van der Waals surface area (Å²) in [7, 11) is 1.36. The Hall–Kier alpha value is -1.91. The van der Waals surface area contributed by atoms with Gasteiger partial charge in [0.15, 0.2) is 5.65 Å². The molecule has 2 aromatic rings. The molecule has 0 unspecified atom stereocenters. The summed E-state index contributed by atoms with van der Waals surface area (Å²) in [5.41, 5.74) is 2.02. The lowest BCUT2D eigenvalue weighted by atomic mass is 10.3. The Labute approximate surface area is 98.4 Å². The predicted octanol–water partition coefficient (Wildman–Crippen LogP) is 1.63. The number of imidazole rings is 1. The molecule has 0 amide bonds. The molecule has 2 heterocycles. The number of hydrogen-bond acceptors (Lipinski definition) is 4. The summed E-state index contributed by atoms with van der Waals surface area (Å²) in [6.45, 7) is 0.973. The van der Waals surface area contributed by atoms with Gasteiger partial charge < -0.3 is 9.30 Å². The van der Waals surface area contributed by atoms with Crippen molar-refractivity contribution in [3.63, 3.8) is 0 Å². The van der Waals surface area contributed by atoms with Gasteiger partial charge in [-0.25, -0.2) is 14.8 Å². The highest BCUT2D eigenvalue weighted by molar-refractivity contribution is 5.92. The zero-order valence-electron chi connectivity index (χ0n) is 9.59. The van der Waals surface area contributed by atoms with E-state index in [2.05, 4.69) is 14.7 Å². The van der Waals surface area contributed by atoms with Gasteiger partial charge in [-0.1, -0.05) is 0 Å². The van der Waals surface area contributed by atoms with Crippen molar-refractivity contribution in [3.8, 4) is 0 Å². The first-order valence-corrected chi connectivity index (χ1v) is 5.67.